The summed E-state index contributed by atoms with van der Waals surface area (Å²) in [5.41, 5.74) is 0.942. The van der Waals surface area contributed by atoms with Crippen molar-refractivity contribution in [3.63, 3.8) is 0 Å². The highest BCUT2D eigenvalue weighted by molar-refractivity contribution is 5.80. The van der Waals surface area contributed by atoms with Crippen molar-refractivity contribution in [2.24, 2.45) is 0 Å². The van der Waals surface area contributed by atoms with Gasteiger partial charge in [-0.1, -0.05) is 18.2 Å². The minimum atomic E-state index is 0.0234. The molecule has 0 aliphatic rings. The molecule has 0 saturated carbocycles. The molecule has 2 aromatic rings. The molecule has 1 aromatic heterocycles. The van der Waals surface area contributed by atoms with Gasteiger partial charge in [0.2, 0.25) is 5.91 Å². The third-order valence-corrected chi connectivity index (χ3v) is 2.59. The second-order valence-corrected chi connectivity index (χ2v) is 4.01. The number of amides is 1. The Morgan fingerprint density at radius 2 is 2.17 bits per heavy atom. The quantitative estimate of drug-likeness (QED) is 0.837. The first-order valence-corrected chi connectivity index (χ1v) is 5.77. The molecule has 5 heteroatoms. The lowest BCUT2D eigenvalue weighted by atomic mass is 10.3. The van der Waals surface area contributed by atoms with Gasteiger partial charge in [0.1, 0.15) is 5.82 Å². The van der Waals surface area contributed by atoms with E-state index in [-0.39, 0.29) is 12.5 Å². The highest BCUT2D eigenvalue weighted by Gasteiger charge is 2.09. The van der Waals surface area contributed by atoms with Gasteiger partial charge in [-0.05, 0) is 12.1 Å². The van der Waals surface area contributed by atoms with Crippen LogP contribution in [0.3, 0.4) is 0 Å². The summed E-state index contributed by atoms with van der Waals surface area (Å²) in [5.74, 6) is 0.806. The number of aromatic nitrogens is 2. The lowest BCUT2D eigenvalue weighted by Gasteiger charge is -2.16. The van der Waals surface area contributed by atoms with Crippen LogP contribution in [0.4, 0.5) is 5.69 Å². The van der Waals surface area contributed by atoms with E-state index < -0.39 is 0 Å². The zero-order chi connectivity index (χ0) is 12.8. The van der Waals surface area contributed by atoms with E-state index >= 15 is 0 Å². The molecule has 0 aliphatic heterocycles. The van der Waals surface area contributed by atoms with Crippen LogP contribution in [0.1, 0.15) is 5.82 Å². The van der Waals surface area contributed by atoms with E-state index in [0.717, 1.165) is 11.5 Å². The number of nitrogens with one attached hydrogen (secondary N) is 2. The van der Waals surface area contributed by atoms with Crippen LogP contribution in [-0.2, 0) is 11.3 Å². The first-order valence-electron chi connectivity index (χ1n) is 5.77. The molecule has 2 rings (SSSR count). The van der Waals surface area contributed by atoms with Crippen LogP contribution in [0.2, 0.25) is 0 Å². The van der Waals surface area contributed by atoms with Gasteiger partial charge >= 0.3 is 0 Å². The highest BCUT2D eigenvalue weighted by Crippen LogP contribution is 2.04. The molecule has 0 bridgehead atoms. The number of imidazole rings is 1. The third-order valence-electron chi connectivity index (χ3n) is 2.59. The van der Waals surface area contributed by atoms with Gasteiger partial charge in [-0.3, -0.25) is 4.79 Å². The maximum atomic E-state index is 11.9. The molecule has 18 heavy (non-hydrogen) atoms. The van der Waals surface area contributed by atoms with E-state index in [0.29, 0.717) is 6.54 Å². The molecule has 94 valence electrons. The van der Waals surface area contributed by atoms with Gasteiger partial charge in [-0.2, -0.15) is 0 Å². The minimum Gasteiger partial charge on any atom is -0.376 e. The van der Waals surface area contributed by atoms with Gasteiger partial charge < -0.3 is 15.2 Å². The zero-order valence-corrected chi connectivity index (χ0v) is 10.3. The van der Waals surface area contributed by atoms with E-state index in [4.69, 9.17) is 0 Å². The molecular formula is C13H16N4O. The smallest absolute Gasteiger partial charge is 0.242 e. The van der Waals surface area contributed by atoms with Crippen LogP contribution in [0.15, 0.2) is 42.7 Å². The molecule has 0 saturated heterocycles. The number of hydrogen-bond donors (Lipinski definition) is 2. The Hall–Kier alpha value is -2.30. The molecule has 0 fully saturated rings. The SMILES string of the molecule is CN(Cc1ncc[nH]1)C(=O)CNc1ccccc1. The summed E-state index contributed by atoms with van der Waals surface area (Å²) < 4.78 is 0. The molecule has 5 nitrogen and oxygen atoms in total. The predicted molar refractivity (Wildman–Crippen MR) is 70.0 cm³/mol. The van der Waals surface area contributed by atoms with E-state index in [9.17, 15) is 4.79 Å². The van der Waals surface area contributed by atoms with Gasteiger partial charge in [-0.25, -0.2) is 4.98 Å². The monoisotopic (exact) mass is 244 g/mol. The van der Waals surface area contributed by atoms with E-state index in [1.54, 1.807) is 24.3 Å². The fourth-order valence-electron chi connectivity index (χ4n) is 1.57. The van der Waals surface area contributed by atoms with Crippen LogP contribution in [-0.4, -0.2) is 34.4 Å². The molecule has 1 amide bonds. The first kappa shape index (κ1) is 12.2. The fraction of sp³-hybridized carbons (Fsp3) is 0.231. The number of carbonyl (C=O) groups excluding carboxylic acids is 1. The molecular weight excluding hydrogens is 228 g/mol. The Morgan fingerprint density at radius 3 is 2.83 bits per heavy atom. The maximum absolute atomic E-state index is 11.9. The Kier molecular flexibility index (Phi) is 3.96. The van der Waals surface area contributed by atoms with Crippen molar-refractivity contribution < 1.29 is 4.79 Å². The van der Waals surface area contributed by atoms with Crippen LogP contribution in [0.5, 0.6) is 0 Å². The van der Waals surface area contributed by atoms with Crippen molar-refractivity contribution >= 4 is 11.6 Å². The summed E-state index contributed by atoms with van der Waals surface area (Å²) in [6.45, 7) is 0.767. The number of H-pyrrole nitrogens is 1. The van der Waals surface area contributed by atoms with Gasteiger partial charge in [0.15, 0.2) is 0 Å². The van der Waals surface area contributed by atoms with Gasteiger partial charge in [0, 0.05) is 25.1 Å². The van der Waals surface area contributed by atoms with Crippen molar-refractivity contribution in [2.45, 2.75) is 6.54 Å². The molecule has 0 atom stereocenters. The Morgan fingerprint density at radius 1 is 1.39 bits per heavy atom. The minimum absolute atomic E-state index is 0.0234. The molecule has 0 aliphatic carbocycles. The van der Waals surface area contributed by atoms with E-state index in [1.165, 1.54) is 0 Å². The Labute approximate surface area is 106 Å². The number of rotatable bonds is 5. The summed E-state index contributed by atoms with van der Waals surface area (Å²) in [6.07, 6.45) is 3.42. The molecule has 1 aromatic carbocycles. The summed E-state index contributed by atoms with van der Waals surface area (Å²) in [7, 11) is 1.76. The number of nitrogens with zero attached hydrogens (tertiary/aromatic N) is 2. The summed E-state index contributed by atoms with van der Waals surface area (Å²) >= 11 is 0. The maximum Gasteiger partial charge on any atom is 0.242 e. The largest absolute Gasteiger partial charge is 0.376 e. The molecule has 0 spiro atoms. The first-order chi connectivity index (χ1) is 8.75. The Balaban J connectivity index is 1.81. The van der Waals surface area contributed by atoms with Gasteiger partial charge in [0.25, 0.3) is 0 Å². The molecule has 2 N–H and O–H groups in total. The van der Waals surface area contributed by atoms with Crippen molar-refractivity contribution in [2.75, 3.05) is 18.9 Å². The van der Waals surface area contributed by atoms with Crippen molar-refractivity contribution in [1.82, 2.24) is 14.9 Å². The standard InChI is InChI=1S/C13H16N4O/c1-17(10-12-14-7-8-15-12)13(18)9-16-11-5-3-2-4-6-11/h2-8,16H,9-10H2,1H3,(H,14,15). The lowest BCUT2D eigenvalue weighted by Crippen LogP contribution is -2.32. The number of aromatic amines is 1. The fourth-order valence-corrected chi connectivity index (χ4v) is 1.57. The summed E-state index contributed by atoms with van der Waals surface area (Å²) in [5, 5.41) is 3.08. The number of benzene rings is 1. The summed E-state index contributed by atoms with van der Waals surface area (Å²) in [6, 6.07) is 9.66. The number of likely N-dealkylation sites (N-methyl/N-ethyl adjacent to an activating group) is 1. The third kappa shape index (κ3) is 3.35. The van der Waals surface area contributed by atoms with E-state index in [2.05, 4.69) is 15.3 Å². The van der Waals surface area contributed by atoms with Crippen LogP contribution in [0, 0.1) is 0 Å². The number of anilines is 1. The van der Waals surface area contributed by atoms with Crippen molar-refractivity contribution in [3.05, 3.63) is 48.5 Å². The molecule has 0 unspecified atom stereocenters. The second kappa shape index (κ2) is 5.86. The van der Waals surface area contributed by atoms with Gasteiger partial charge in [0.05, 0.1) is 13.1 Å². The predicted octanol–water partition coefficient (Wildman–Crippen LogP) is 1.48. The van der Waals surface area contributed by atoms with Crippen molar-refractivity contribution in [3.8, 4) is 0 Å². The number of para-hydroxylation sites is 1. The topological polar surface area (TPSA) is 61.0 Å². The van der Waals surface area contributed by atoms with Crippen LogP contribution >= 0.6 is 0 Å². The zero-order valence-electron chi connectivity index (χ0n) is 10.3. The summed E-state index contributed by atoms with van der Waals surface area (Å²) in [4.78, 5) is 20.6. The Bertz CT molecular complexity index is 481. The van der Waals surface area contributed by atoms with Crippen LogP contribution < -0.4 is 5.32 Å². The highest BCUT2D eigenvalue weighted by atomic mass is 16.2. The van der Waals surface area contributed by atoms with Crippen molar-refractivity contribution in [1.29, 1.82) is 0 Å². The lowest BCUT2D eigenvalue weighted by molar-refractivity contribution is -0.128. The van der Waals surface area contributed by atoms with Crippen LogP contribution in [0.25, 0.3) is 0 Å². The average molecular weight is 244 g/mol. The number of carbonyl (C=O) groups is 1. The normalized spacial score (nSPS) is 10.1. The average Bonchev–Trinajstić information content (AvgIpc) is 2.90. The molecule has 0 radical (unpaired) electrons. The van der Waals surface area contributed by atoms with E-state index in [1.807, 2.05) is 30.3 Å². The van der Waals surface area contributed by atoms with Gasteiger partial charge in [-0.15, -0.1) is 0 Å². The number of hydrogen-bond acceptors (Lipinski definition) is 3. The second-order valence-electron chi connectivity index (χ2n) is 4.01. The molecule has 1 heterocycles.